The summed E-state index contributed by atoms with van der Waals surface area (Å²) in [6.45, 7) is 4.53. The Morgan fingerprint density at radius 3 is 2.19 bits per heavy atom. The number of aryl methyl sites for hydroxylation is 1. The number of carbonyl (C=O) groups is 1. The summed E-state index contributed by atoms with van der Waals surface area (Å²) >= 11 is 0. The molecule has 0 saturated heterocycles. The zero-order valence-electron chi connectivity index (χ0n) is 13.7. The topological polar surface area (TPSA) is 26.3 Å². The second-order valence-electron chi connectivity index (χ2n) is 5.60. The lowest BCUT2D eigenvalue weighted by atomic mass is 10.0. The molecule has 0 aromatic heterocycles. The molecule has 0 fully saturated rings. The highest BCUT2D eigenvalue weighted by molar-refractivity contribution is 5.91. The van der Waals surface area contributed by atoms with Crippen molar-refractivity contribution >= 4 is 5.97 Å². The van der Waals surface area contributed by atoms with E-state index in [4.69, 9.17) is 4.74 Å². The van der Waals surface area contributed by atoms with Gasteiger partial charge in [-0.2, -0.15) is 0 Å². The van der Waals surface area contributed by atoms with Gasteiger partial charge < -0.3 is 4.74 Å². The van der Waals surface area contributed by atoms with Gasteiger partial charge in [0, 0.05) is 0 Å². The van der Waals surface area contributed by atoms with Crippen LogP contribution in [0, 0.1) is 0 Å². The van der Waals surface area contributed by atoms with Crippen LogP contribution < -0.4 is 0 Å². The van der Waals surface area contributed by atoms with E-state index in [1.807, 2.05) is 31.2 Å². The maximum atomic E-state index is 11.9. The van der Waals surface area contributed by atoms with Crippen LogP contribution in [0.4, 0.5) is 0 Å². The Balaban J connectivity index is 2.27. The van der Waals surface area contributed by atoms with Gasteiger partial charge >= 0.3 is 5.97 Å². The molecule has 1 rings (SSSR count). The van der Waals surface area contributed by atoms with Crippen LogP contribution in [0.2, 0.25) is 0 Å². The molecule has 2 heteroatoms. The summed E-state index contributed by atoms with van der Waals surface area (Å²) in [5, 5.41) is 0. The lowest BCUT2D eigenvalue weighted by Crippen LogP contribution is -2.08. The molecular weight excluding hydrogens is 260 g/mol. The van der Waals surface area contributed by atoms with Crippen LogP contribution >= 0.6 is 0 Å². The maximum Gasteiger partial charge on any atom is 0.338 e. The summed E-state index contributed by atoms with van der Waals surface area (Å²) in [5.41, 5.74) is 1.87. The number of rotatable bonds is 11. The van der Waals surface area contributed by atoms with Crippen LogP contribution in [0.5, 0.6) is 0 Å². The summed E-state index contributed by atoms with van der Waals surface area (Å²) in [4.78, 5) is 11.9. The first-order valence-corrected chi connectivity index (χ1v) is 8.54. The molecule has 21 heavy (non-hydrogen) atoms. The number of esters is 1. The van der Waals surface area contributed by atoms with Gasteiger partial charge in [-0.05, 0) is 31.4 Å². The predicted molar refractivity (Wildman–Crippen MR) is 88.7 cm³/mol. The van der Waals surface area contributed by atoms with E-state index in [9.17, 15) is 4.79 Å². The molecule has 1 aromatic rings. The smallest absolute Gasteiger partial charge is 0.338 e. The lowest BCUT2D eigenvalue weighted by Gasteiger charge is -2.08. The number of hydrogen-bond donors (Lipinski definition) is 0. The Kier molecular flexibility index (Phi) is 9.60. The minimum atomic E-state index is -0.187. The fourth-order valence-corrected chi connectivity index (χ4v) is 2.60. The van der Waals surface area contributed by atoms with Crippen LogP contribution in [0.15, 0.2) is 24.3 Å². The SMILES string of the molecule is CCCCCCCCCCc1ccccc1C(=O)OCC. The number of benzene rings is 1. The third-order valence-electron chi connectivity index (χ3n) is 3.81. The molecule has 2 nitrogen and oxygen atoms in total. The van der Waals surface area contributed by atoms with Crippen molar-refractivity contribution in [1.82, 2.24) is 0 Å². The largest absolute Gasteiger partial charge is 0.462 e. The van der Waals surface area contributed by atoms with Crippen LogP contribution in [0.25, 0.3) is 0 Å². The Morgan fingerprint density at radius 2 is 1.52 bits per heavy atom. The molecule has 0 aliphatic heterocycles. The van der Waals surface area contributed by atoms with Crippen molar-refractivity contribution in [3.63, 3.8) is 0 Å². The van der Waals surface area contributed by atoms with E-state index >= 15 is 0 Å². The Hall–Kier alpha value is -1.31. The molecule has 1 aromatic carbocycles. The van der Waals surface area contributed by atoms with E-state index in [1.165, 1.54) is 44.9 Å². The summed E-state index contributed by atoms with van der Waals surface area (Å²) < 4.78 is 5.11. The third-order valence-corrected chi connectivity index (χ3v) is 3.81. The van der Waals surface area contributed by atoms with Crippen molar-refractivity contribution < 1.29 is 9.53 Å². The molecular formula is C19H30O2. The molecule has 0 spiro atoms. The van der Waals surface area contributed by atoms with Crippen LogP contribution in [0.3, 0.4) is 0 Å². The number of unbranched alkanes of at least 4 members (excludes halogenated alkanes) is 7. The molecule has 0 aliphatic carbocycles. The van der Waals surface area contributed by atoms with E-state index < -0.39 is 0 Å². The monoisotopic (exact) mass is 290 g/mol. The van der Waals surface area contributed by atoms with Crippen LogP contribution in [-0.2, 0) is 11.2 Å². The number of ether oxygens (including phenoxy) is 1. The van der Waals surface area contributed by atoms with Gasteiger partial charge in [-0.15, -0.1) is 0 Å². The zero-order valence-corrected chi connectivity index (χ0v) is 13.7. The van der Waals surface area contributed by atoms with Crippen LogP contribution in [-0.4, -0.2) is 12.6 Å². The van der Waals surface area contributed by atoms with Gasteiger partial charge in [0.05, 0.1) is 12.2 Å². The minimum Gasteiger partial charge on any atom is -0.462 e. The average Bonchev–Trinajstić information content (AvgIpc) is 2.50. The van der Waals surface area contributed by atoms with Crippen molar-refractivity contribution in [2.24, 2.45) is 0 Å². The first-order chi connectivity index (χ1) is 10.3. The quantitative estimate of drug-likeness (QED) is 0.394. The minimum absolute atomic E-state index is 0.187. The summed E-state index contributed by atoms with van der Waals surface area (Å²) in [5.74, 6) is -0.187. The van der Waals surface area contributed by atoms with Gasteiger partial charge in [-0.1, -0.05) is 70.1 Å². The Bertz CT molecular complexity index is 398. The molecule has 0 radical (unpaired) electrons. The standard InChI is InChI=1S/C19H30O2/c1-3-5-6-7-8-9-10-11-14-17-15-12-13-16-18(17)19(20)21-4-2/h12-13,15-16H,3-11,14H2,1-2H3. The summed E-state index contributed by atoms with van der Waals surface area (Å²) in [6.07, 6.45) is 11.5. The highest BCUT2D eigenvalue weighted by Crippen LogP contribution is 2.15. The maximum absolute atomic E-state index is 11.9. The van der Waals surface area contributed by atoms with Gasteiger partial charge in [0.2, 0.25) is 0 Å². The van der Waals surface area contributed by atoms with Gasteiger partial charge in [0.1, 0.15) is 0 Å². The van der Waals surface area contributed by atoms with E-state index in [0.717, 1.165) is 24.0 Å². The van der Waals surface area contributed by atoms with Crippen LogP contribution in [0.1, 0.15) is 81.1 Å². The molecule has 0 amide bonds. The Labute approximate surface area is 129 Å². The molecule has 0 saturated carbocycles. The lowest BCUT2D eigenvalue weighted by molar-refractivity contribution is 0.0525. The predicted octanol–water partition coefficient (Wildman–Crippen LogP) is 5.55. The van der Waals surface area contributed by atoms with Crippen molar-refractivity contribution in [3.05, 3.63) is 35.4 Å². The molecule has 0 aliphatic rings. The summed E-state index contributed by atoms with van der Waals surface area (Å²) in [6, 6.07) is 7.83. The number of hydrogen-bond acceptors (Lipinski definition) is 2. The fourth-order valence-electron chi connectivity index (χ4n) is 2.60. The molecule has 118 valence electrons. The van der Waals surface area contributed by atoms with E-state index in [2.05, 4.69) is 6.92 Å². The first-order valence-electron chi connectivity index (χ1n) is 8.54. The zero-order chi connectivity index (χ0) is 15.3. The van der Waals surface area contributed by atoms with E-state index in [0.29, 0.717) is 6.61 Å². The van der Waals surface area contributed by atoms with E-state index in [-0.39, 0.29) is 5.97 Å². The summed E-state index contributed by atoms with van der Waals surface area (Å²) in [7, 11) is 0. The molecule has 0 unspecified atom stereocenters. The van der Waals surface area contributed by atoms with Gasteiger partial charge in [-0.25, -0.2) is 4.79 Å². The van der Waals surface area contributed by atoms with E-state index in [1.54, 1.807) is 0 Å². The second-order valence-corrected chi connectivity index (χ2v) is 5.60. The molecule has 0 bridgehead atoms. The second kappa shape index (κ2) is 11.4. The first kappa shape index (κ1) is 17.7. The van der Waals surface area contributed by atoms with Crippen molar-refractivity contribution in [3.8, 4) is 0 Å². The normalized spacial score (nSPS) is 10.6. The third kappa shape index (κ3) is 7.31. The van der Waals surface area contributed by atoms with Crippen molar-refractivity contribution in [1.29, 1.82) is 0 Å². The van der Waals surface area contributed by atoms with Gasteiger partial charge in [-0.3, -0.25) is 0 Å². The fraction of sp³-hybridized carbons (Fsp3) is 0.632. The average molecular weight is 290 g/mol. The number of carbonyl (C=O) groups excluding carboxylic acids is 1. The Morgan fingerprint density at radius 1 is 0.905 bits per heavy atom. The van der Waals surface area contributed by atoms with Crippen molar-refractivity contribution in [2.45, 2.75) is 71.6 Å². The highest BCUT2D eigenvalue weighted by atomic mass is 16.5. The van der Waals surface area contributed by atoms with Gasteiger partial charge in [0.25, 0.3) is 0 Å². The van der Waals surface area contributed by atoms with Crippen molar-refractivity contribution in [2.75, 3.05) is 6.61 Å². The molecule has 0 atom stereocenters. The highest BCUT2D eigenvalue weighted by Gasteiger charge is 2.10. The molecule has 0 N–H and O–H groups in total. The van der Waals surface area contributed by atoms with Gasteiger partial charge in [0.15, 0.2) is 0 Å². The molecule has 0 heterocycles.